The van der Waals surface area contributed by atoms with Crippen LogP contribution < -0.4 is 0 Å². The maximum absolute atomic E-state index is 14.8. The number of ether oxygens (including phenoxy) is 1. The maximum Gasteiger partial charge on any atom is 0.339 e. The number of pyridine rings is 2. The Labute approximate surface area is 201 Å². The molecule has 35 heavy (non-hydrogen) atoms. The van der Waals surface area contributed by atoms with Crippen molar-refractivity contribution in [2.24, 2.45) is 24.8 Å². The summed E-state index contributed by atoms with van der Waals surface area (Å²) in [5, 5.41) is 10.8. The van der Waals surface area contributed by atoms with E-state index < -0.39 is 47.8 Å². The summed E-state index contributed by atoms with van der Waals surface area (Å²) >= 11 is 0. The fourth-order valence-corrected chi connectivity index (χ4v) is 5.39. The number of allylic oxidation sites excluding steroid dienone is 1. The third-order valence-electron chi connectivity index (χ3n) is 7.32. The lowest BCUT2D eigenvalue weighted by Gasteiger charge is -2.45. The molecule has 5 atom stereocenters. The highest BCUT2D eigenvalue weighted by Gasteiger charge is 2.67. The Morgan fingerprint density at radius 2 is 2.00 bits per heavy atom. The van der Waals surface area contributed by atoms with Crippen LogP contribution in [0.5, 0.6) is 0 Å². The molecule has 5 rings (SSSR count). The molecule has 0 aromatic carbocycles. The Kier molecular flexibility index (Phi) is 5.55. The minimum Gasteiger partial charge on any atom is -0.460 e. The molecule has 3 aromatic rings. The van der Waals surface area contributed by atoms with Crippen molar-refractivity contribution >= 4 is 12.0 Å². The van der Waals surface area contributed by atoms with Crippen molar-refractivity contribution < 1.29 is 23.4 Å². The standard InChI is InChI=1S/C26H26F2N4O3/c1-15-19(22-16(2)35-24(33)25(22,34)13-26(15,27)28)9-8-18-7-6-17(11-31-18)20-5-4-10-30-23(20)21-12-29-14-32(21)3/h4-12,14-16,19,22,34H,13H2,1-3H3/b9-8+/t15-,16+,19-,22-,25?/m0/s1. The fourth-order valence-electron chi connectivity index (χ4n) is 5.39. The minimum absolute atomic E-state index is 0.572. The monoisotopic (exact) mass is 480 g/mol. The first-order chi connectivity index (χ1) is 16.6. The van der Waals surface area contributed by atoms with Gasteiger partial charge in [-0.05, 0) is 31.1 Å². The number of aromatic nitrogens is 4. The Balaban J connectivity index is 1.44. The van der Waals surface area contributed by atoms with Gasteiger partial charge < -0.3 is 14.4 Å². The van der Waals surface area contributed by atoms with E-state index >= 15 is 0 Å². The molecule has 1 unspecified atom stereocenters. The summed E-state index contributed by atoms with van der Waals surface area (Å²) in [4.78, 5) is 25.4. The van der Waals surface area contributed by atoms with Crippen LogP contribution >= 0.6 is 0 Å². The number of halogens is 2. The second-order valence-corrected chi connectivity index (χ2v) is 9.48. The van der Waals surface area contributed by atoms with Crippen molar-refractivity contribution in [3.05, 3.63) is 61.0 Å². The molecule has 2 fully saturated rings. The molecule has 182 valence electrons. The summed E-state index contributed by atoms with van der Waals surface area (Å²) < 4.78 is 36.6. The number of esters is 1. The summed E-state index contributed by atoms with van der Waals surface area (Å²) in [5.74, 6) is -6.76. The summed E-state index contributed by atoms with van der Waals surface area (Å²) in [5.41, 5.74) is 1.76. The van der Waals surface area contributed by atoms with Gasteiger partial charge in [0.1, 0.15) is 6.10 Å². The van der Waals surface area contributed by atoms with Gasteiger partial charge in [0.15, 0.2) is 5.60 Å². The van der Waals surface area contributed by atoms with Crippen molar-refractivity contribution in [1.29, 1.82) is 0 Å². The first-order valence-corrected chi connectivity index (χ1v) is 11.5. The van der Waals surface area contributed by atoms with Crippen LogP contribution in [0.2, 0.25) is 0 Å². The summed E-state index contributed by atoms with van der Waals surface area (Å²) in [7, 11) is 1.90. The number of hydrogen-bond donors (Lipinski definition) is 1. The number of carbonyl (C=O) groups is 1. The highest BCUT2D eigenvalue weighted by atomic mass is 19.3. The molecule has 2 aliphatic rings. The van der Waals surface area contributed by atoms with E-state index in [9.17, 15) is 18.7 Å². The Hall–Kier alpha value is -3.46. The topological polar surface area (TPSA) is 90.1 Å². The molecule has 1 aliphatic carbocycles. The Morgan fingerprint density at radius 1 is 1.20 bits per heavy atom. The highest BCUT2D eigenvalue weighted by molar-refractivity contribution is 5.83. The molecule has 3 aromatic heterocycles. The van der Waals surface area contributed by atoms with Gasteiger partial charge in [-0.1, -0.05) is 25.1 Å². The number of alkyl halides is 2. The van der Waals surface area contributed by atoms with Crippen LogP contribution in [-0.4, -0.2) is 48.2 Å². The van der Waals surface area contributed by atoms with E-state index in [1.807, 2.05) is 29.8 Å². The van der Waals surface area contributed by atoms with E-state index in [0.29, 0.717) is 5.69 Å². The van der Waals surface area contributed by atoms with Gasteiger partial charge >= 0.3 is 5.97 Å². The van der Waals surface area contributed by atoms with Gasteiger partial charge in [0.2, 0.25) is 0 Å². The van der Waals surface area contributed by atoms with Gasteiger partial charge in [0.25, 0.3) is 5.92 Å². The normalized spacial score (nSPS) is 29.8. The third kappa shape index (κ3) is 3.83. The highest BCUT2D eigenvalue weighted by Crippen LogP contribution is 2.54. The first kappa shape index (κ1) is 23.3. The van der Waals surface area contributed by atoms with Crippen LogP contribution in [0, 0.1) is 17.8 Å². The molecule has 0 radical (unpaired) electrons. The predicted octanol–water partition coefficient (Wildman–Crippen LogP) is 4.14. The number of rotatable bonds is 4. The van der Waals surface area contributed by atoms with Crippen molar-refractivity contribution in [2.45, 2.75) is 37.9 Å². The van der Waals surface area contributed by atoms with Crippen LogP contribution in [-0.2, 0) is 16.6 Å². The minimum atomic E-state index is -3.21. The number of aryl methyl sites for hydroxylation is 1. The molecule has 9 heteroatoms. The first-order valence-electron chi connectivity index (χ1n) is 11.5. The summed E-state index contributed by atoms with van der Waals surface area (Å²) in [6.45, 7) is 3.08. The molecule has 4 heterocycles. The number of imidazole rings is 1. The van der Waals surface area contributed by atoms with Gasteiger partial charge in [-0.25, -0.2) is 18.6 Å². The average molecular weight is 481 g/mol. The average Bonchev–Trinajstić information content (AvgIpc) is 3.34. The number of aliphatic hydroxyl groups is 1. The zero-order valence-corrected chi connectivity index (χ0v) is 19.6. The van der Waals surface area contributed by atoms with Gasteiger partial charge in [0.05, 0.1) is 36.0 Å². The van der Waals surface area contributed by atoms with E-state index in [1.54, 1.807) is 50.1 Å². The summed E-state index contributed by atoms with van der Waals surface area (Å²) in [6, 6.07) is 7.49. The SMILES string of the molecule is C[C@H]1OC(=O)C2(O)CC(F)(F)[C@@H](C)[C@H](/C=C/c3ccc(-c4cccnc4-c4cncn4C)cn3)[C@H]12. The zero-order chi connectivity index (χ0) is 25.0. The number of hydrogen-bond acceptors (Lipinski definition) is 6. The lowest BCUT2D eigenvalue weighted by atomic mass is 9.62. The van der Waals surface area contributed by atoms with Crippen LogP contribution in [0.15, 0.2) is 55.3 Å². The molecule has 0 amide bonds. The van der Waals surface area contributed by atoms with Gasteiger partial charge in [-0.3, -0.25) is 9.97 Å². The van der Waals surface area contributed by atoms with Crippen LogP contribution in [0.3, 0.4) is 0 Å². The number of nitrogens with zero attached hydrogens (tertiary/aromatic N) is 4. The van der Waals surface area contributed by atoms with Crippen LogP contribution in [0.4, 0.5) is 8.78 Å². The smallest absolute Gasteiger partial charge is 0.339 e. The van der Waals surface area contributed by atoms with Crippen molar-refractivity contribution in [3.63, 3.8) is 0 Å². The molecule has 7 nitrogen and oxygen atoms in total. The lowest BCUT2D eigenvalue weighted by molar-refractivity contribution is -0.193. The molecule has 1 aliphatic heterocycles. The van der Waals surface area contributed by atoms with E-state index in [2.05, 4.69) is 15.0 Å². The van der Waals surface area contributed by atoms with Crippen LogP contribution in [0.25, 0.3) is 28.6 Å². The molecule has 1 saturated heterocycles. The summed E-state index contributed by atoms with van der Waals surface area (Å²) in [6.07, 6.45) is 8.58. The fraction of sp³-hybridized carbons (Fsp3) is 0.385. The predicted molar refractivity (Wildman–Crippen MR) is 125 cm³/mol. The quantitative estimate of drug-likeness (QED) is 0.565. The number of fused-ring (bicyclic) bond motifs is 1. The molecule has 1 saturated carbocycles. The molecule has 0 spiro atoms. The van der Waals surface area contributed by atoms with E-state index in [1.165, 1.54) is 6.92 Å². The maximum atomic E-state index is 14.8. The van der Waals surface area contributed by atoms with Gasteiger partial charge in [0, 0.05) is 42.4 Å². The molecule has 0 bridgehead atoms. The second kappa shape index (κ2) is 8.34. The molecular weight excluding hydrogens is 454 g/mol. The van der Waals surface area contributed by atoms with Crippen LogP contribution in [0.1, 0.15) is 26.0 Å². The third-order valence-corrected chi connectivity index (χ3v) is 7.32. The second-order valence-electron chi connectivity index (χ2n) is 9.48. The lowest BCUT2D eigenvalue weighted by Crippen LogP contribution is -2.57. The van der Waals surface area contributed by atoms with Crippen molar-refractivity contribution in [2.75, 3.05) is 0 Å². The van der Waals surface area contributed by atoms with E-state index in [-0.39, 0.29) is 0 Å². The largest absolute Gasteiger partial charge is 0.460 e. The molecular formula is C26H26F2N4O3. The Bertz CT molecular complexity index is 1290. The number of cyclic esters (lactones) is 1. The van der Waals surface area contributed by atoms with Crippen molar-refractivity contribution in [1.82, 2.24) is 19.5 Å². The van der Waals surface area contributed by atoms with Crippen molar-refractivity contribution in [3.8, 4) is 22.5 Å². The van der Waals surface area contributed by atoms with Gasteiger partial charge in [-0.15, -0.1) is 0 Å². The number of carbonyl (C=O) groups excluding carboxylic acids is 1. The zero-order valence-electron chi connectivity index (χ0n) is 19.6. The Morgan fingerprint density at radius 3 is 2.69 bits per heavy atom. The molecule has 1 N–H and O–H groups in total. The van der Waals surface area contributed by atoms with E-state index in [4.69, 9.17) is 4.74 Å². The van der Waals surface area contributed by atoms with E-state index in [0.717, 1.165) is 22.5 Å². The van der Waals surface area contributed by atoms with Gasteiger partial charge in [-0.2, -0.15) is 0 Å².